The fourth-order valence-electron chi connectivity index (χ4n) is 3.34. The summed E-state index contributed by atoms with van der Waals surface area (Å²) >= 11 is 0. The van der Waals surface area contributed by atoms with Crippen LogP contribution in [0.3, 0.4) is 0 Å². The number of hydrogen-bond donors (Lipinski definition) is 1. The Morgan fingerprint density at radius 3 is 2.67 bits per heavy atom. The lowest BCUT2D eigenvalue weighted by Crippen LogP contribution is -2.42. The van der Waals surface area contributed by atoms with Crippen molar-refractivity contribution < 1.29 is 9.13 Å². The van der Waals surface area contributed by atoms with Crippen LogP contribution in [0.1, 0.15) is 29.5 Å². The molecule has 1 saturated heterocycles. The quantitative estimate of drug-likeness (QED) is 0.915. The first-order chi connectivity index (χ1) is 11.7. The summed E-state index contributed by atoms with van der Waals surface area (Å²) in [4.78, 5) is 0. The first-order valence-electron chi connectivity index (χ1n) is 8.25. The van der Waals surface area contributed by atoms with Gasteiger partial charge in [-0.1, -0.05) is 24.3 Å². The first kappa shape index (κ1) is 16.6. The number of nitriles is 1. The molecule has 0 atom stereocenters. The molecule has 3 rings (SSSR count). The van der Waals surface area contributed by atoms with Crippen LogP contribution in [-0.4, -0.2) is 19.8 Å². The van der Waals surface area contributed by atoms with Crippen LogP contribution in [-0.2, 0) is 16.7 Å². The predicted molar refractivity (Wildman–Crippen MR) is 91.0 cm³/mol. The summed E-state index contributed by atoms with van der Waals surface area (Å²) in [5.74, 6) is -0.194. The largest absolute Gasteiger partial charge is 0.381 e. The highest BCUT2D eigenvalue weighted by molar-refractivity contribution is 5.33. The molecule has 0 aliphatic carbocycles. The van der Waals surface area contributed by atoms with Gasteiger partial charge in [0.15, 0.2) is 0 Å². The highest BCUT2D eigenvalue weighted by Crippen LogP contribution is 2.34. The Hall–Kier alpha value is -2.22. The molecule has 124 valence electrons. The summed E-state index contributed by atoms with van der Waals surface area (Å²) in [7, 11) is 0. The predicted octanol–water partition coefficient (Wildman–Crippen LogP) is 3.54. The van der Waals surface area contributed by atoms with E-state index in [1.54, 1.807) is 18.2 Å². The third-order valence-electron chi connectivity index (χ3n) is 4.74. The van der Waals surface area contributed by atoms with Gasteiger partial charge in [0.25, 0.3) is 0 Å². The normalized spacial score (nSPS) is 16.5. The zero-order valence-electron chi connectivity index (χ0n) is 13.6. The van der Waals surface area contributed by atoms with E-state index < -0.39 is 0 Å². The zero-order chi connectivity index (χ0) is 16.8. The summed E-state index contributed by atoms with van der Waals surface area (Å²) in [5.41, 5.74) is 2.67. The van der Waals surface area contributed by atoms with Gasteiger partial charge in [0.1, 0.15) is 5.82 Å². The van der Waals surface area contributed by atoms with Gasteiger partial charge in [-0.25, -0.2) is 4.39 Å². The third-order valence-corrected chi connectivity index (χ3v) is 4.74. The molecule has 2 aromatic carbocycles. The number of halogens is 1. The number of benzene rings is 2. The smallest absolute Gasteiger partial charge is 0.123 e. The average Bonchev–Trinajstić information content (AvgIpc) is 2.63. The lowest BCUT2D eigenvalue weighted by molar-refractivity contribution is 0.0497. The molecule has 1 N–H and O–H groups in total. The topological polar surface area (TPSA) is 45.0 Å². The average molecular weight is 324 g/mol. The van der Waals surface area contributed by atoms with E-state index in [1.165, 1.54) is 6.07 Å². The highest BCUT2D eigenvalue weighted by atomic mass is 19.1. The molecule has 4 heteroatoms. The van der Waals surface area contributed by atoms with Gasteiger partial charge < -0.3 is 10.1 Å². The molecular weight excluding hydrogens is 303 g/mol. The number of hydrogen-bond acceptors (Lipinski definition) is 3. The van der Waals surface area contributed by atoms with Crippen molar-refractivity contribution in [1.29, 1.82) is 5.26 Å². The molecule has 3 nitrogen and oxygen atoms in total. The second kappa shape index (κ2) is 7.57. The van der Waals surface area contributed by atoms with Crippen molar-refractivity contribution in [3.8, 4) is 6.07 Å². The second-order valence-corrected chi connectivity index (χ2v) is 6.32. The van der Waals surface area contributed by atoms with E-state index in [9.17, 15) is 4.39 Å². The van der Waals surface area contributed by atoms with E-state index in [1.807, 2.05) is 24.3 Å². The van der Waals surface area contributed by atoms with Crippen LogP contribution in [0.5, 0.6) is 0 Å². The van der Waals surface area contributed by atoms with Crippen molar-refractivity contribution in [2.24, 2.45) is 0 Å². The molecule has 24 heavy (non-hydrogen) atoms. The maximum absolute atomic E-state index is 13.7. The van der Waals surface area contributed by atoms with Crippen LogP contribution in [0.4, 0.5) is 4.39 Å². The molecule has 0 amide bonds. The number of rotatable bonds is 5. The minimum absolute atomic E-state index is 0.104. The van der Waals surface area contributed by atoms with Gasteiger partial charge in [-0.2, -0.15) is 5.26 Å². The summed E-state index contributed by atoms with van der Waals surface area (Å²) in [6.07, 6.45) is 1.75. The van der Waals surface area contributed by atoms with Crippen LogP contribution in [0, 0.1) is 17.1 Å². The van der Waals surface area contributed by atoms with Gasteiger partial charge in [0.2, 0.25) is 0 Å². The molecular formula is C20H21FN2O. The number of nitrogens with one attached hydrogen (secondary N) is 1. The fourth-order valence-corrected chi connectivity index (χ4v) is 3.34. The van der Waals surface area contributed by atoms with Crippen LogP contribution in [0.15, 0.2) is 48.5 Å². The van der Waals surface area contributed by atoms with Crippen LogP contribution >= 0.6 is 0 Å². The van der Waals surface area contributed by atoms with Gasteiger partial charge in [-0.15, -0.1) is 0 Å². The first-order valence-corrected chi connectivity index (χ1v) is 8.25. The molecule has 0 aromatic heterocycles. The molecule has 0 bridgehead atoms. The fraction of sp³-hybridized carbons (Fsp3) is 0.350. The molecule has 0 unspecified atom stereocenters. The zero-order valence-corrected chi connectivity index (χ0v) is 13.6. The van der Waals surface area contributed by atoms with Gasteiger partial charge >= 0.3 is 0 Å². The standard InChI is InChI=1S/C20H21FN2O/c21-19-6-2-5-18(12-19)20(7-9-24-10-8-20)15-23-14-17-4-1-3-16(11-17)13-22/h1-6,11-12,23H,7-10,14-15H2. The highest BCUT2D eigenvalue weighted by Gasteiger charge is 2.34. The monoisotopic (exact) mass is 324 g/mol. The van der Waals surface area contributed by atoms with Crippen LogP contribution < -0.4 is 5.32 Å². The Kier molecular flexibility index (Phi) is 5.24. The van der Waals surface area contributed by atoms with Crippen LogP contribution in [0.2, 0.25) is 0 Å². The van der Waals surface area contributed by atoms with Gasteiger partial charge in [-0.05, 0) is 48.2 Å². The number of nitrogens with zero attached hydrogens (tertiary/aromatic N) is 1. The summed E-state index contributed by atoms with van der Waals surface area (Å²) in [5, 5.41) is 12.5. The van der Waals surface area contributed by atoms with E-state index in [2.05, 4.69) is 11.4 Å². The van der Waals surface area contributed by atoms with E-state index in [4.69, 9.17) is 10.00 Å². The molecule has 1 aliphatic heterocycles. The Morgan fingerprint density at radius 1 is 1.12 bits per heavy atom. The minimum Gasteiger partial charge on any atom is -0.381 e. The summed E-state index contributed by atoms with van der Waals surface area (Å²) < 4.78 is 19.2. The van der Waals surface area contributed by atoms with Crippen molar-refractivity contribution >= 4 is 0 Å². The Morgan fingerprint density at radius 2 is 1.92 bits per heavy atom. The van der Waals surface area contributed by atoms with E-state index >= 15 is 0 Å². The van der Waals surface area contributed by atoms with Crippen molar-refractivity contribution in [3.63, 3.8) is 0 Å². The lowest BCUT2D eigenvalue weighted by Gasteiger charge is -2.38. The number of ether oxygens (including phenoxy) is 1. The minimum atomic E-state index is -0.194. The Balaban J connectivity index is 1.72. The molecule has 1 aliphatic rings. The van der Waals surface area contributed by atoms with Crippen molar-refractivity contribution in [1.82, 2.24) is 5.32 Å². The maximum atomic E-state index is 13.7. The maximum Gasteiger partial charge on any atom is 0.123 e. The van der Waals surface area contributed by atoms with Gasteiger partial charge in [0.05, 0.1) is 11.6 Å². The van der Waals surface area contributed by atoms with Crippen molar-refractivity contribution in [2.75, 3.05) is 19.8 Å². The lowest BCUT2D eigenvalue weighted by atomic mass is 9.74. The Labute approximate surface area is 142 Å². The SMILES string of the molecule is N#Cc1cccc(CNCC2(c3cccc(F)c3)CCOCC2)c1. The van der Waals surface area contributed by atoms with E-state index in [0.29, 0.717) is 25.3 Å². The van der Waals surface area contributed by atoms with Crippen LogP contribution in [0.25, 0.3) is 0 Å². The second-order valence-electron chi connectivity index (χ2n) is 6.32. The molecule has 0 saturated carbocycles. The van der Waals surface area contributed by atoms with Gasteiger partial charge in [-0.3, -0.25) is 0 Å². The molecule has 0 radical (unpaired) electrons. The van der Waals surface area contributed by atoms with Crippen molar-refractivity contribution in [2.45, 2.75) is 24.8 Å². The third kappa shape index (κ3) is 3.81. The summed E-state index contributed by atoms with van der Waals surface area (Å²) in [6, 6.07) is 16.7. The molecule has 0 spiro atoms. The molecule has 2 aromatic rings. The Bertz CT molecular complexity index is 732. The molecule has 1 heterocycles. The summed E-state index contributed by atoms with van der Waals surface area (Å²) in [6.45, 7) is 2.84. The van der Waals surface area contributed by atoms with E-state index in [-0.39, 0.29) is 11.2 Å². The van der Waals surface area contributed by atoms with Gasteiger partial charge in [0, 0.05) is 31.7 Å². The van der Waals surface area contributed by atoms with Crippen molar-refractivity contribution in [3.05, 3.63) is 71.0 Å². The molecule has 1 fully saturated rings. The van der Waals surface area contributed by atoms with E-state index in [0.717, 1.165) is 30.5 Å².